The molecule has 0 radical (unpaired) electrons. The van der Waals surface area contributed by atoms with Crippen LogP contribution in [0, 0.1) is 6.92 Å². The molecule has 7 nitrogen and oxygen atoms in total. The molecule has 0 saturated carbocycles. The maximum atomic E-state index is 12.6. The molecule has 0 saturated heterocycles. The Balaban J connectivity index is 2.07. The van der Waals surface area contributed by atoms with Crippen molar-refractivity contribution >= 4 is 20.0 Å². The Morgan fingerprint density at radius 2 is 1.59 bits per heavy atom. The van der Waals surface area contributed by atoms with Crippen LogP contribution in [0.4, 0.5) is 0 Å². The zero-order chi connectivity index (χ0) is 21.7. The molecule has 0 aliphatic heterocycles. The van der Waals surface area contributed by atoms with E-state index in [4.69, 9.17) is 4.74 Å². The number of sulfonamides is 2. The molecule has 160 valence electrons. The Labute approximate surface area is 173 Å². The molecule has 0 aromatic heterocycles. The molecule has 0 atom stereocenters. The van der Waals surface area contributed by atoms with Gasteiger partial charge >= 0.3 is 0 Å². The quantitative estimate of drug-likeness (QED) is 0.613. The lowest BCUT2D eigenvalue weighted by Gasteiger charge is -2.18. The van der Waals surface area contributed by atoms with Crippen molar-refractivity contribution in [2.75, 3.05) is 26.7 Å². The Hall–Kier alpha value is -1.94. The van der Waals surface area contributed by atoms with Gasteiger partial charge < -0.3 is 4.74 Å². The van der Waals surface area contributed by atoms with E-state index in [9.17, 15) is 16.8 Å². The smallest absolute Gasteiger partial charge is 0.244 e. The van der Waals surface area contributed by atoms with Crippen molar-refractivity contribution in [2.24, 2.45) is 0 Å². The number of ether oxygens (including phenoxy) is 1. The zero-order valence-corrected chi connectivity index (χ0v) is 18.8. The fraction of sp³-hybridized carbons (Fsp3) is 0.400. The van der Waals surface area contributed by atoms with E-state index in [0.717, 1.165) is 11.1 Å². The summed E-state index contributed by atoms with van der Waals surface area (Å²) < 4.78 is 59.4. The fourth-order valence-electron chi connectivity index (χ4n) is 2.94. The molecule has 2 aromatic carbocycles. The van der Waals surface area contributed by atoms with E-state index in [1.165, 1.54) is 11.4 Å². The SMILES string of the molecule is CCN(CC)S(=O)(=O)c1ccc(CCNS(=O)(=O)c2cc(C)ccc2OC)cc1. The van der Waals surface area contributed by atoms with Gasteiger partial charge in [-0.2, -0.15) is 4.31 Å². The number of rotatable bonds is 10. The standard InChI is InChI=1S/C20H28N2O5S2/c1-5-22(6-2)29(25,26)18-10-8-17(9-11-18)13-14-21-28(23,24)20-15-16(3)7-12-19(20)27-4/h7-12,15,21H,5-6,13-14H2,1-4H3. The van der Waals surface area contributed by atoms with Gasteiger partial charge in [-0.25, -0.2) is 21.6 Å². The van der Waals surface area contributed by atoms with Crippen LogP contribution in [-0.2, 0) is 26.5 Å². The number of methoxy groups -OCH3 is 1. The van der Waals surface area contributed by atoms with Crippen LogP contribution in [0.2, 0.25) is 0 Å². The van der Waals surface area contributed by atoms with Crippen molar-refractivity contribution in [3.63, 3.8) is 0 Å². The zero-order valence-electron chi connectivity index (χ0n) is 17.2. The molecule has 0 unspecified atom stereocenters. The van der Waals surface area contributed by atoms with Crippen LogP contribution in [0.25, 0.3) is 0 Å². The van der Waals surface area contributed by atoms with E-state index in [1.54, 1.807) is 56.3 Å². The normalized spacial score (nSPS) is 12.3. The Morgan fingerprint density at radius 1 is 0.966 bits per heavy atom. The summed E-state index contributed by atoms with van der Waals surface area (Å²) in [6.07, 6.45) is 0.430. The van der Waals surface area contributed by atoms with Gasteiger partial charge in [0.05, 0.1) is 12.0 Å². The Bertz CT molecular complexity index is 1030. The first-order valence-corrected chi connectivity index (χ1v) is 12.3. The van der Waals surface area contributed by atoms with Gasteiger partial charge in [-0.3, -0.25) is 0 Å². The lowest BCUT2D eigenvalue weighted by Crippen LogP contribution is -2.30. The summed E-state index contributed by atoms with van der Waals surface area (Å²) in [5.41, 5.74) is 1.65. The van der Waals surface area contributed by atoms with Gasteiger partial charge in [-0.1, -0.05) is 32.0 Å². The van der Waals surface area contributed by atoms with Gasteiger partial charge in [0.2, 0.25) is 20.0 Å². The van der Waals surface area contributed by atoms with Crippen molar-refractivity contribution in [1.29, 1.82) is 0 Å². The molecule has 0 aliphatic carbocycles. The van der Waals surface area contributed by atoms with Crippen molar-refractivity contribution in [2.45, 2.75) is 37.0 Å². The molecule has 0 bridgehead atoms. The van der Waals surface area contributed by atoms with E-state index in [0.29, 0.717) is 19.5 Å². The lowest BCUT2D eigenvalue weighted by molar-refractivity contribution is 0.402. The van der Waals surface area contributed by atoms with E-state index in [1.807, 2.05) is 6.92 Å². The van der Waals surface area contributed by atoms with Crippen LogP contribution < -0.4 is 9.46 Å². The molecule has 0 aliphatic rings. The molecular formula is C20H28N2O5S2. The molecule has 2 aromatic rings. The van der Waals surface area contributed by atoms with Crippen LogP contribution in [0.1, 0.15) is 25.0 Å². The summed E-state index contributed by atoms with van der Waals surface area (Å²) in [5.74, 6) is 0.286. The average Bonchev–Trinajstić information content (AvgIpc) is 2.69. The Kier molecular flexibility index (Phi) is 7.81. The van der Waals surface area contributed by atoms with E-state index < -0.39 is 20.0 Å². The first-order chi connectivity index (χ1) is 13.7. The van der Waals surface area contributed by atoms with Gasteiger partial charge in [-0.15, -0.1) is 0 Å². The average molecular weight is 441 g/mol. The predicted molar refractivity (Wildman–Crippen MR) is 113 cm³/mol. The van der Waals surface area contributed by atoms with Crippen LogP contribution in [-0.4, -0.2) is 47.9 Å². The maximum absolute atomic E-state index is 12.6. The van der Waals surface area contributed by atoms with Crippen LogP contribution in [0.5, 0.6) is 5.75 Å². The van der Waals surface area contributed by atoms with Crippen molar-refractivity contribution in [1.82, 2.24) is 9.03 Å². The second-order valence-electron chi connectivity index (χ2n) is 6.54. The molecule has 0 fully saturated rings. The molecular weight excluding hydrogens is 412 g/mol. The number of nitrogens with zero attached hydrogens (tertiary/aromatic N) is 1. The Morgan fingerprint density at radius 3 is 2.14 bits per heavy atom. The molecule has 1 N–H and O–H groups in total. The highest BCUT2D eigenvalue weighted by molar-refractivity contribution is 7.89. The monoisotopic (exact) mass is 440 g/mol. The molecule has 0 heterocycles. The highest BCUT2D eigenvalue weighted by Crippen LogP contribution is 2.24. The third kappa shape index (κ3) is 5.57. The minimum atomic E-state index is -3.72. The van der Waals surface area contributed by atoms with Gasteiger partial charge in [-0.05, 0) is 48.7 Å². The second-order valence-corrected chi connectivity index (χ2v) is 10.2. The number of hydrogen-bond donors (Lipinski definition) is 1. The van der Waals surface area contributed by atoms with Crippen molar-refractivity contribution in [3.05, 3.63) is 53.6 Å². The first kappa shape index (κ1) is 23.3. The summed E-state index contributed by atoms with van der Waals surface area (Å²) in [7, 11) is -5.80. The number of benzene rings is 2. The first-order valence-electron chi connectivity index (χ1n) is 9.39. The number of hydrogen-bond acceptors (Lipinski definition) is 5. The highest BCUT2D eigenvalue weighted by atomic mass is 32.2. The van der Waals surface area contributed by atoms with Gasteiger partial charge in [0, 0.05) is 19.6 Å². The third-order valence-corrected chi connectivity index (χ3v) is 8.13. The minimum absolute atomic E-state index is 0.0978. The second kappa shape index (κ2) is 9.71. The van der Waals surface area contributed by atoms with Crippen LogP contribution in [0.15, 0.2) is 52.3 Å². The molecule has 9 heteroatoms. The largest absolute Gasteiger partial charge is 0.495 e. The molecule has 29 heavy (non-hydrogen) atoms. The van der Waals surface area contributed by atoms with E-state index in [-0.39, 0.29) is 22.1 Å². The summed E-state index contributed by atoms with van der Waals surface area (Å²) >= 11 is 0. The summed E-state index contributed by atoms with van der Waals surface area (Å²) in [6.45, 7) is 6.40. The van der Waals surface area contributed by atoms with E-state index in [2.05, 4.69) is 4.72 Å². The van der Waals surface area contributed by atoms with Gasteiger partial charge in [0.25, 0.3) is 0 Å². The van der Waals surface area contributed by atoms with E-state index >= 15 is 0 Å². The lowest BCUT2D eigenvalue weighted by atomic mass is 10.2. The summed E-state index contributed by atoms with van der Waals surface area (Å²) in [6, 6.07) is 11.5. The van der Waals surface area contributed by atoms with Gasteiger partial charge in [0.1, 0.15) is 10.6 Å². The third-order valence-electron chi connectivity index (χ3n) is 4.58. The number of nitrogens with one attached hydrogen (secondary N) is 1. The molecule has 0 amide bonds. The summed E-state index contributed by atoms with van der Waals surface area (Å²) in [4.78, 5) is 0.329. The predicted octanol–water partition coefficient (Wildman–Crippen LogP) is 2.56. The molecule has 2 rings (SSSR count). The molecule has 0 spiro atoms. The minimum Gasteiger partial charge on any atom is -0.495 e. The fourth-order valence-corrected chi connectivity index (χ4v) is 5.68. The maximum Gasteiger partial charge on any atom is 0.244 e. The van der Waals surface area contributed by atoms with Crippen molar-refractivity contribution in [3.8, 4) is 5.75 Å². The van der Waals surface area contributed by atoms with Gasteiger partial charge in [0.15, 0.2) is 0 Å². The van der Waals surface area contributed by atoms with Crippen molar-refractivity contribution < 1.29 is 21.6 Å². The highest BCUT2D eigenvalue weighted by Gasteiger charge is 2.21. The number of aryl methyl sites for hydroxylation is 1. The summed E-state index contributed by atoms with van der Waals surface area (Å²) in [5, 5.41) is 0. The van der Waals surface area contributed by atoms with Crippen LogP contribution in [0.3, 0.4) is 0 Å². The van der Waals surface area contributed by atoms with Crippen LogP contribution >= 0.6 is 0 Å². The topological polar surface area (TPSA) is 92.8 Å².